The van der Waals surface area contributed by atoms with Crippen LogP contribution in [0.2, 0.25) is 0 Å². The van der Waals surface area contributed by atoms with Crippen molar-refractivity contribution in [1.29, 1.82) is 0 Å². The topological polar surface area (TPSA) is 46.2 Å². The van der Waals surface area contributed by atoms with E-state index in [0.717, 1.165) is 6.42 Å². The van der Waals surface area contributed by atoms with Gasteiger partial charge in [-0.1, -0.05) is 0 Å². The Hall–Kier alpha value is -0.390. The van der Waals surface area contributed by atoms with E-state index < -0.39 is 9.84 Å². The van der Waals surface area contributed by atoms with Gasteiger partial charge in [-0.25, -0.2) is 8.42 Å². The molecule has 2 rings (SSSR count). The summed E-state index contributed by atoms with van der Waals surface area (Å²) in [4.78, 5) is 2.53. The highest BCUT2D eigenvalue weighted by Gasteiger charge is 2.34. The summed E-state index contributed by atoms with van der Waals surface area (Å²) in [6, 6.07) is 4.39. The maximum absolute atomic E-state index is 11.5. The van der Waals surface area contributed by atoms with Crippen molar-refractivity contribution < 1.29 is 8.42 Å². The molecule has 16 heavy (non-hydrogen) atoms. The summed E-state index contributed by atoms with van der Waals surface area (Å²) in [6.07, 6.45) is 0.783. The minimum atomic E-state index is -2.79. The Balaban J connectivity index is 2.18. The van der Waals surface area contributed by atoms with Crippen molar-refractivity contribution in [1.82, 2.24) is 5.32 Å². The van der Waals surface area contributed by atoms with Gasteiger partial charge in [0.2, 0.25) is 0 Å². The van der Waals surface area contributed by atoms with E-state index >= 15 is 0 Å². The summed E-state index contributed by atoms with van der Waals surface area (Å²) in [5, 5.41) is 3.26. The van der Waals surface area contributed by atoms with Gasteiger partial charge in [0.25, 0.3) is 0 Å². The van der Waals surface area contributed by atoms with Crippen LogP contribution in [0.25, 0.3) is 0 Å². The molecule has 0 spiro atoms. The van der Waals surface area contributed by atoms with Gasteiger partial charge in [0.05, 0.1) is 11.5 Å². The molecule has 0 aliphatic carbocycles. The third-order valence-corrected chi connectivity index (χ3v) is 6.00. The van der Waals surface area contributed by atoms with Gasteiger partial charge in [-0.2, -0.15) is 0 Å². The van der Waals surface area contributed by atoms with Crippen LogP contribution in [0.3, 0.4) is 0 Å². The average Bonchev–Trinajstić information content (AvgIpc) is 2.75. The summed E-state index contributed by atoms with van der Waals surface area (Å²) in [6.45, 7) is 2.08. The summed E-state index contributed by atoms with van der Waals surface area (Å²) < 4.78 is 22.9. The Labute approximate surface area is 101 Å². The molecule has 0 bridgehead atoms. The smallest absolute Gasteiger partial charge is 0.150 e. The molecule has 3 nitrogen and oxygen atoms in total. The van der Waals surface area contributed by atoms with Crippen LogP contribution in [-0.2, 0) is 9.84 Å². The summed E-state index contributed by atoms with van der Waals surface area (Å²) >= 11 is 1.75. The van der Waals surface area contributed by atoms with Gasteiger partial charge >= 0.3 is 0 Å². The van der Waals surface area contributed by atoms with Gasteiger partial charge in [0.15, 0.2) is 9.84 Å². The van der Waals surface area contributed by atoms with Gasteiger partial charge in [-0.15, -0.1) is 11.3 Å². The second-order valence-corrected chi connectivity index (χ2v) is 7.93. The molecule has 1 aliphatic heterocycles. The van der Waals surface area contributed by atoms with Crippen molar-refractivity contribution >= 4 is 21.2 Å². The number of aryl methyl sites for hydroxylation is 1. The Bertz CT molecular complexity index is 464. The first-order valence-electron chi connectivity index (χ1n) is 5.46. The van der Waals surface area contributed by atoms with Crippen LogP contribution < -0.4 is 5.32 Å². The van der Waals surface area contributed by atoms with Crippen molar-refractivity contribution in [2.75, 3.05) is 18.6 Å². The van der Waals surface area contributed by atoms with Gasteiger partial charge in [0.1, 0.15) is 0 Å². The van der Waals surface area contributed by atoms with Crippen molar-refractivity contribution in [3.05, 3.63) is 21.9 Å². The zero-order chi connectivity index (χ0) is 11.8. The first-order chi connectivity index (χ1) is 7.52. The van der Waals surface area contributed by atoms with E-state index in [-0.39, 0.29) is 12.0 Å². The lowest BCUT2D eigenvalue weighted by Gasteiger charge is -2.20. The van der Waals surface area contributed by atoms with Crippen LogP contribution >= 0.6 is 11.3 Å². The fourth-order valence-electron chi connectivity index (χ4n) is 2.32. The van der Waals surface area contributed by atoms with Crippen LogP contribution in [0.4, 0.5) is 0 Å². The second kappa shape index (κ2) is 4.47. The number of nitrogens with one attached hydrogen (secondary N) is 1. The van der Waals surface area contributed by atoms with Gasteiger partial charge < -0.3 is 5.32 Å². The monoisotopic (exact) mass is 259 g/mol. The molecule has 1 aromatic heterocycles. The molecule has 2 atom stereocenters. The van der Waals surface area contributed by atoms with Crippen LogP contribution in [0, 0.1) is 12.8 Å². The third kappa shape index (κ3) is 2.47. The lowest BCUT2D eigenvalue weighted by molar-refractivity contribution is 0.424. The van der Waals surface area contributed by atoms with Gasteiger partial charge in [-0.3, -0.25) is 0 Å². The minimum absolute atomic E-state index is 0.191. The maximum atomic E-state index is 11.5. The molecule has 1 fully saturated rings. The highest BCUT2D eigenvalue weighted by molar-refractivity contribution is 7.91. The predicted octanol–water partition coefficient (Wildman–Crippen LogP) is 1.75. The molecule has 2 unspecified atom stereocenters. The largest absolute Gasteiger partial charge is 0.312 e. The number of hydrogen-bond donors (Lipinski definition) is 1. The Kier molecular flexibility index (Phi) is 3.37. The molecule has 2 heterocycles. The van der Waals surface area contributed by atoms with E-state index in [1.165, 1.54) is 9.75 Å². The second-order valence-electron chi connectivity index (χ2n) is 4.38. The highest BCUT2D eigenvalue weighted by atomic mass is 32.2. The van der Waals surface area contributed by atoms with Crippen LogP contribution in [-0.4, -0.2) is 27.0 Å². The van der Waals surface area contributed by atoms with Crippen molar-refractivity contribution in [3.8, 4) is 0 Å². The molecule has 0 radical (unpaired) electrons. The Morgan fingerprint density at radius 3 is 2.69 bits per heavy atom. The zero-order valence-corrected chi connectivity index (χ0v) is 11.2. The number of hydrogen-bond acceptors (Lipinski definition) is 4. The number of rotatable bonds is 3. The average molecular weight is 259 g/mol. The zero-order valence-electron chi connectivity index (χ0n) is 9.56. The SMILES string of the molecule is CNC(c1ccc(C)s1)C1CCS(=O)(=O)C1. The van der Waals surface area contributed by atoms with Crippen molar-refractivity contribution in [2.45, 2.75) is 19.4 Å². The molecular weight excluding hydrogens is 242 g/mol. The summed E-state index contributed by atoms with van der Waals surface area (Å²) in [5.74, 6) is 0.906. The van der Waals surface area contributed by atoms with Gasteiger partial charge in [0, 0.05) is 15.8 Å². The molecule has 90 valence electrons. The lowest BCUT2D eigenvalue weighted by atomic mass is 9.98. The minimum Gasteiger partial charge on any atom is -0.312 e. The van der Waals surface area contributed by atoms with Crippen molar-refractivity contribution in [3.63, 3.8) is 0 Å². The van der Waals surface area contributed by atoms with Gasteiger partial charge in [-0.05, 0) is 38.4 Å². The van der Waals surface area contributed by atoms with E-state index in [9.17, 15) is 8.42 Å². The third-order valence-electron chi connectivity index (χ3n) is 3.12. The normalized spacial score (nSPS) is 25.8. The standard InChI is InChI=1S/C11H17NO2S2/c1-8-3-4-10(15-8)11(12-2)9-5-6-16(13,14)7-9/h3-4,9,11-12H,5-7H2,1-2H3. The van der Waals surface area contributed by atoms with E-state index in [1.807, 2.05) is 7.05 Å². The lowest BCUT2D eigenvalue weighted by Crippen LogP contribution is -2.25. The molecule has 0 amide bonds. The van der Waals surface area contributed by atoms with E-state index in [1.54, 1.807) is 11.3 Å². The fraction of sp³-hybridized carbons (Fsp3) is 0.636. The van der Waals surface area contributed by atoms with Crippen LogP contribution in [0.15, 0.2) is 12.1 Å². The molecule has 5 heteroatoms. The molecule has 1 aliphatic rings. The first-order valence-corrected chi connectivity index (χ1v) is 8.09. The van der Waals surface area contributed by atoms with Crippen LogP contribution in [0.5, 0.6) is 0 Å². The molecule has 1 N–H and O–H groups in total. The first kappa shape index (κ1) is 12.1. The highest BCUT2D eigenvalue weighted by Crippen LogP contribution is 2.34. The van der Waals surface area contributed by atoms with Crippen LogP contribution in [0.1, 0.15) is 22.2 Å². The van der Waals surface area contributed by atoms with E-state index in [4.69, 9.17) is 0 Å². The number of thiophene rings is 1. The molecule has 0 aromatic carbocycles. The fourth-order valence-corrected chi connectivity index (χ4v) is 5.24. The maximum Gasteiger partial charge on any atom is 0.150 e. The number of sulfone groups is 1. The quantitative estimate of drug-likeness (QED) is 0.899. The molecule has 0 saturated carbocycles. The molecule has 1 saturated heterocycles. The summed E-state index contributed by atoms with van der Waals surface area (Å²) in [5.41, 5.74) is 0. The molecular formula is C11H17NO2S2. The Morgan fingerprint density at radius 1 is 1.50 bits per heavy atom. The van der Waals surface area contributed by atoms with E-state index in [2.05, 4.69) is 24.4 Å². The Morgan fingerprint density at radius 2 is 2.25 bits per heavy atom. The van der Waals surface area contributed by atoms with Crippen molar-refractivity contribution in [2.24, 2.45) is 5.92 Å². The predicted molar refractivity (Wildman–Crippen MR) is 67.6 cm³/mol. The van der Waals surface area contributed by atoms with E-state index in [0.29, 0.717) is 11.5 Å². The molecule has 1 aromatic rings. The summed E-state index contributed by atoms with van der Waals surface area (Å²) in [7, 11) is -0.880.